The molecule has 0 saturated carbocycles. The molecule has 176 valence electrons. The third-order valence-corrected chi connectivity index (χ3v) is 7.27. The highest BCUT2D eigenvalue weighted by molar-refractivity contribution is 6.21. The van der Waals surface area contributed by atoms with E-state index in [-0.39, 0.29) is 7.43 Å². The van der Waals surface area contributed by atoms with Gasteiger partial charge in [0.15, 0.2) is 0 Å². The summed E-state index contributed by atoms with van der Waals surface area (Å²) in [5.41, 5.74) is 7.61. The molecule has 7 rings (SSSR count). The molecule has 0 fully saturated rings. The van der Waals surface area contributed by atoms with Crippen molar-refractivity contribution in [2.24, 2.45) is 0 Å². The zero-order chi connectivity index (χ0) is 23.9. The van der Waals surface area contributed by atoms with Crippen LogP contribution in [0.25, 0.3) is 65.7 Å². The number of fused-ring (bicyclic) bond motifs is 3. The first-order valence-corrected chi connectivity index (χ1v) is 12.5. The van der Waals surface area contributed by atoms with Gasteiger partial charge in [0.2, 0.25) is 0 Å². The molecular formula is C37H28. The Labute approximate surface area is 218 Å². The van der Waals surface area contributed by atoms with Gasteiger partial charge in [0.05, 0.1) is 0 Å². The van der Waals surface area contributed by atoms with Gasteiger partial charge < -0.3 is 0 Å². The number of benzene rings is 7. The standard InChI is InChI=1S/C36H24.CH4/c1-2-12-27(13-3-1)35-31-16-6-8-18-33(31)36(34-19-9-7-17-32(34)35)28-23-21-26(22-24-28)30-20-10-14-25-11-4-5-15-29(25)30;/h1-24H;1H4. The molecule has 0 aliphatic heterocycles. The number of hydrogen-bond donors (Lipinski definition) is 0. The Morgan fingerprint density at radius 1 is 0.270 bits per heavy atom. The predicted molar refractivity (Wildman–Crippen MR) is 162 cm³/mol. The zero-order valence-corrected chi connectivity index (χ0v) is 19.9. The fourth-order valence-corrected chi connectivity index (χ4v) is 5.65. The van der Waals surface area contributed by atoms with Crippen molar-refractivity contribution in [1.82, 2.24) is 0 Å². The van der Waals surface area contributed by atoms with Crippen molar-refractivity contribution in [2.75, 3.05) is 0 Å². The van der Waals surface area contributed by atoms with Crippen LogP contribution in [-0.2, 0) is 0 Å². The Hall–Kier alpha value is -4.68. The maximum Gasteiger partial charge on any atom is -0.00264 e. The zero-order valence-electron chi connectivity index (χ0n) is 19.9. The van der Waals surface area contributed by atoms with Crippen molar-refractivity contribution in [3.63, 3.8) is 0 Å². The van der Waals surface area contributed by atoms with E-state index in [4.69, 9.17) is 0 Å². The highest BCUT2D eigenvalue weighted by Crippen LogP contribution is 2.43. The van der Waals surface area contributed by atoms with Crippen LogP contribution in [-0.4, -0.2) is 0 Å². The molecular weight excluding hydrogens is 444 g/mol. The lowest BCUT2D eigenvalue weighted by Gasteiger charge is -2.18. The minimum Gasteiger partial charge on any atom is -0.0776 e. The van der Waals surface area contributed by atoms with Crippen LogP contribution in [0.4, 0.5) is 0 Å². The topological polar surface area (TPSA) is 0 Å². The smallest absolute Gasteiger partial charge is 0.00264 e. The maximum absolute atomic E-state index is 2.29. The number of rotatable bonds is 3. The summed E-state index contributed by atoms with van der Waals surface area (Å²) < 4.78 is 0. The molecule has 7 aromatic carbocycles. The average molecular weight is 473 g/mol. The summed E-state index contributed by atoms with van der Waals surface area (Å²) in [6.45, 7) is 0. The summed E-state index contributed by atoms with van der Waals surface area (Å²) in [6.07, 6.45) is 0. The van der Waals surface area contributed by atoms with Gasteiger partial charge in [0.1, 0.15) is 0 Å². The molecule has 0 heterocycles. The van der Waals surface area contributed by atoms with E-state index in [0.717, 1.165) is 0 Å². The van der Waals surface area contributed by atoms with Crippen LogP contribution >= 0.6 is 0 Å². The molecule has 0 radical (unpaired) electrons. The van der Waals surface area contributed by atoms with E-state index >= 15 is 0 Å². The predicted octanol–water partition coefficient (Wildman–Crippen LogP) is 10.8. The van der Waals surface area contributed by atoms with Crippen LogP contribution in [0.5, 0.6) is 0 Å². The van der Waals surface area contributed by atoms with Crippen LogP contribution in [0.2, 0.25) is 0 Å². The van der Waals surface area contributed by atoms with Crippen molar-refractivity contribution >= 4 is 32.3 Å². The summed E-state index contributed by atoms with van der Waals surface area (Å²) in [7, 11) is 0. The Morgan fingerprint density at radius 2 is 0.676 bits per heavy atom. The monoisotopic (exact) mass is 472 g/mol. The number of hydrogen-bond acceptors (Lipinski definition) is 0. The van der Waals surface area contributed by atoms with E-state index in [2.05, 4.69) is 146 Å². The quantitative estimate of drug-likeness (QED) is 0.224. The fourth-order valence-electron chi connectivity index (χ4n) is 5.65. The lowest BCUT2D eigenvalue weighted by Crippen LogP contribution is -1.90. The van der Waals surface area contributed by atoms with E-state index in [1.165, 1.54) is 65.7 Å². The van der Waals surface area contributed by atoms with E-state index in [1.807, 2.05) is 0 Å². The van der Waals surface area contributed by atoms with Crippen LogP contribution < -0.4 is 0 Å². The Kier molecular flexibility index (Phi) is 5.79. The van der Waals surface area contributed by atoms with Gasteiger partial charge in [-0.2, -0.15) is 0 Å². The van der Waals surface area contributed by atoms with Gasteiger partial charge in [-0.3, -0.25) is 0 Å². The van der Waals surface area contributed by atoms with Crippen molar-refractivity contribution in [2.45, 2.75) is 7.43 Å². The van der Waals surface area contributed by atoms with Crippen molar-refractivity contribution < 1.29 is 0 Å². The maximum atomic E-state index is 2.29. The summed E-state index contributed by atoms with van der Waals surface area (Å²) in [4.78, 5) is 0. The van der Waals surface area contributed by atoms with Gasteiger partial charge in [0, 0.05) is 0 Å². The summed E-state index contributed by atoms with van der Waals surface area (Å²) in [5.74, 6) is 0. The van der Waals surface area contributed by atoms with Gasteiger partial charge in [-0.15, -0.1) is 0 Å². The molecule has 37 heavy (non-hydrogen) atoms. The second-order valence-corrected chi connectivity index (χ2v) is 9.31. The molecule has 0 nitrogen and oxygen atoms in total. The van der Waals surface area contributed by atoms with Gasteiger partial charge in [-0.25, -0.2) is 0 Å². The molecule has 0 saturated heterocycles. The third-order valence-electron chi connectivity index (χ3n) is 7.27. The van der Waals surface area contributed by atoms with Gasteiger partial charge in [-0.05, 0) is 65.7 Å². The normalized spacial score (nSPS) is 11.0. The highest BCUT2D eigenvalue weighted by Gasteiger charge is 2.16. The fraction of sp³-hybridized carbons (Fsp3) is 0.0270. The molecule has 0 N–H and O–H groups in total. The second-order valence-electron chi connectivity index (χ2n) is 9.31. The average Bonchev–Trinajstić information content (AvgIpc) is 2.96. The van der Waals surface area contributed by atoms with E-state index in [9.17, 15) is 0 Å². The summed E-state index contributed by atoms with van der Waals surface area (Å²) in [5, 5.41) is 7.70. The highest BCUT2D eigenvalue weighted by atomic mass is 14.2. The van der Waals surface area contributed by atoms with Crippen LogP contribution in [0, 0.1) is 0 Å². The van der Waals surface area contributed by atoms with Gasteiger partial charge >= 0.3 is 0 Å². The first kappa shape index (κ1) is 22.8. The lowest BCUT2D eigenvalue weighted by molar-refractivity contribution is 1.63. The largest absolute Gasteiger partial charge is 0.0776 e. The molecule has 0 amide bonds. The Bertz CT molecular complexity index is 1800. The van der Waals surface area contributed by atoms with Crippen LogP contribution in [0.1, 0.15) is 7.43 Å². The van der Waals surface area contributed by atoms with E-state index in [1.54, 1.807) is 0 Å². The molecule has 0 bridgehead atoms. The van der Waals surface area contributed by atoms with Gasteiger partial charge in [0.25, 0.3) is 0 Å². The van der Waals surface area contributed by atoms with Crippen LogP contribution in [0.3, 0.4) is 0 Å². The van der Waals surface area contributed by atoms with Crippen molar-refractivity contribution in [3.8, 4) is 33.4 Å². The van der Waals surface area contributed by atoms with Gasteiger partial charge in [-0.1, -0.05) is 153 Å². The summed E-state index contributed by atoms with van der Waals surface area (Å²) >= 11 is 0. The SMILES string of the molecule is C.c1ccc(-c2c3ccccc3c(-c3ccc(-c4cccc5ccccc45)cc3)c3ccccc23)cc1. The Balaban J connectivity index is 0.00000252. The van der Waals surface area contributed by atoms with E-state index < -0.39 is 0 Å². The molecule has 0 aliphatic carbocycles. The summed E-state index contributed by atoms with van der Waals surface area (Å²) in [6, 6.07) is 52.7. The van der Waals surface area contributed by atoms with Crippen molar-refractivity contribution in [3.05, 3.63) is 146 Å². The minimum absolute atomic E-state index is 0. The van der Waals surface area contributed by atoms with E-state index in [0.29, 0.717) is 0 Å². The molecule has 7 aromatic rings. The molecule has 0 unspecified atom stereocenters. The molecule has 0 heteroatoms. The first-order valence-electron chi connectivity index (χ1n) is 12.5. The molecule has 0 aromatic heterocycles. The lowest BCUT2D eigenvalue weighted by atomic mass is 9.85. The Morgan fingerprint density at radius 3 is 1.24 bits per heavy atom. The first-order chi connectivity index (χ1) is 17.9. The third kappa shape index (κ3) is 3.79. The molecule has 0 atom stereocenters. The van der Waals surface area contributed by atoms with Crippen molar-refractivity contribution in [1.29, 1.82) is 0 Å². The molecule has 0 spiro atoms. The second kappa shape index (κ2) is 9.41. The molecule has 0 aliphatic rings. The van der Waals surface area contributed by atoms with Crippen LogP contribution in [0.15, 0.2) is 146 Å². The minimum atomic E-state index is 0.